The van der Waals surface area contributed by atoms with Crippen molar-refractivity contribution in [1.82, 2.24) is 5.32 Å². The summed E-state index contributed by atoms with van der Waals surface area (Å²) in [6, 6.07) is 12.4. The third kappa shape index (κ3) is 3.16. The summed E-state index contributed by atoms with van der Waals surface area (Å²) in [5.41, 5.74) is 6.02. The van der Waals surface area contributed by atoms with Crippen molar-refractivity contribution >= 4 is 0 Å². The van der Waals surface area contributed by atoms with Crippen LogP contribution in [0.1, 0.15) is 47.2 Å². The molecule has 1 atom stereocenters. The number of benzene rings is 2. The van der Waals surface area contributed by atoms with Crippen molar-refractivity contribution in [3.63, 3.8) is 0 Å². The second-order valence-corrected chi connectivity index (χ2v) is 6.07. The van der Waals surface area contributed by atoms with Crippen LogP contribution in [0.3, 0.4) is 0 Å². The van der Waals surface area contributed by atoms with Crippen LogP contribution in [0, 0.1) is 12.7 Å². The van der Waals surface area contributed by atoms with Gasteiger partial charge in [0, 0.05) is 12.6 Å². The van der Waals surface area contributed by atoms with E-state index in [-0.39, 0.29) is 11.9 Å². The zero-order chi connectivity index (χ0) is 14.8. The van der Waals surface area contributed by atoms with Crippen LogP contribution in [0.15, 0.2) is 36.4 Å². The SMILES string of the molecule is Cc1ccc(C(C)NCc2ccc3c(c2)CCC3)cc1F. The number of rotatable bonds is 4. The molecule has 110 valence electrons. The van der Waals surface area contributed by atoms with Crippen LogP contribution in [0.4, 0.5) is 4.39 Å². The molecule has 1 unspecified atom stereocenters. The number of fused-ring (bicyclic) bond motifs is 1. The lowest BCUT2D eigenvalue weighted by molar-refractivity contribution is 0.563. The number of aryl methyl sites for hydroxylation is 3. The zero-order valence-corrected chi connectivity index (χ0v) is 12.7. The molecule has 2 heteroatoms. The van der Waals surface area contributed by atoms with Crippen molar-refractivity contribution in [3.8, 4) is 0 Å². The first kappa shape index (κ1) is 14.3. The van der Waals surface area contributed by atoms with E-state index in [1.165, 1.54) is 36.0 Å². The lowest BCUT2D eigenvalue weighted by Gasteiger charge is -2.15. The van der Waals surface area contributed by atoms with Crippen molar-refractivity contribution in [1.29, 1.82) is 0 Å². The van der Waals surface area contributed by atoms with E-state index in [1.54, 1.807) is 13.0 Å². The summed E-state index contributed by atoms with van der Waals surface area (Å²) in [6.07, 6.45) is 3.72. The highest BCUT2D eigenvalue weighted by molar-refractivity contribution is 5.35. The first-order valence-electron chi connectivity index (χ1n) is 7.73. The van der Waals surface area contributed by atoms with Crippen molar-refractivity contribution < 1.29 is 4.39 Å². The summed E-state index contributed by atoms with van der Waals surface area (Å²) < 4.78 is 13.6. The third-order valence-corrected chi connectivity index (χ3v) is 4.47. The molecule has 1 aliphatic carbocycles. The molecule has 2 aromatic carbocycles. The maximum Gasteiger partial charge on any atom is 0.126 e. The van der Waals surface area contributed by atoms with Crippen LogP contribution < -0.4 is 5.32 Å². The van der Waals surface area contributed by atoms with Crippen LogP contribution in [0.25, 0.3) is 0 Å². The van der Waals surface area contributed by atoms with E-state index in [2.05, 4.69) is 30.4 Å². The van der Waals surface area contributed by atoms with Gasteiger partial charge >= 0.3 is 0 Å². The summed E-state index contributed by atoms with van der Waals surface area (Å²) in [7, 11) is 0. The quantitative estimate of drug-likeness (QED) is 0.872. The predicted octanol–water partition coefficient (Wildman–Crippen LogP) is 4.47. The van der Waals surface area contributed by atoms with Gasteiger partial charge in [-0.2, -0.15) is 0 Å². The van der Waals surface area contributed by atoms with Crippen LogP contribution in [0.2, 0.25) is 0 Å². The fourth-order valence-electron chi connectivity index (χ4n) is 3.00. The molecule has 0 radical (unpaired) electrons. The molecule has 0 fully saturated rings. The minimum absolute atomic E-state index is 0.126. The Balaban J connectivity index is 1.65. The van der Waals surface area contributed by atoms with Crippen LogP contribution in [0.5, 0.6) is 0 Å². The number of halogens is 1. The smallest absolute Gasteiger partial charge is 0.126 e. The van der Waals surface area contributed by atoms with Gasteiger partial charge in [-0.1, -0.05) is 30.3 Å². The first-order chi connectivity index (χ1) is 10.1. The Hall–Kier alpha value is -1.67. The van der Waals surface area contributed by atoms with Crippen LogP contribution >= 0.6 is 0 Å². The van der Waals surface area contributed by atoms with Gasteiger partial charge in [0.1, 0.15) is 5.82 Å². The van der Waals surface area contributed by atoms with Gasteiger partial charge in [-0.15, -0.1) is 0 Å². The molecular formula is C19H22FN. The molecule has 0 saturated heterocycles. The molecule has 1 aliphatic rings. The Morgan fingerprint density at radius 3 is 2.71 bits per heavy atom. The molecule has 0 spiro atoms. The second kappa shape index (κ2) is 5.98. The molecule has 0 aromatic heterocycles. The minimum atomic E-state index is -0.126. The van der Waals surface area contributed by atoms with E-state index in [0.717, 1.165) is 12.1 Å². The van der Waals surface area contributed by atoms with Crippen molar-refractivity contribution in [2.75, 3.05) is 0 Å². The fraction of sp³-hybridized carbons (Fsp3) is 0.368. The number of hydrogen-bond acceptors (Lipinski definition) is 1. The molecule has 1 nitrogen and oxygen atoms in total. The van der Waals surface area contributed by atoms with Crippen LogP contribution in [-0.4, -0.2) is 0 Å². The molecule has 0 heterocycles. The second-order valence-electron chi connectivity index (χ2n) is 6.07. The average Bonchev–Trinajstić information content (AvgIpc) is 2.95. The number of hydrogen-bond donors (Lipinski definition) is 1. The molecule has 0 bridgehead atoms. The van der Waals surface area contributed by atoms with Gasteiger partial charge in [0.05, 0.1) is 0 Å². The molecule has 21 heavy (non-hydrogen) atoms. The molecule has 0 saturated carbocycles. The number of nitrogens with one attached hydrogen (secondary N) is 1. The van der Waals surface area contributed by atoms with Crippen LogP contribution in [-0.2, 0) is 19.4 Å². The lowest BCUT2D eigenvalue weighted by atomic mass is 10.0. The molecule has 1 N–H and O–H groups in total. The largest absolute Gasteiger partial charge is 0.306 e. The summed E-state index contributed by atoms with van der Waals surface area (Å²) in [5, 5.41) is 3.49. The molecular weight excluding hydrogens is 261 g/mol. The molecule has 0 aliphatic heterocycles. The average molecular weight is 283 g/mol. The Labute approximate surface area is 126 Å². The van der Waals surface area contributed by atoms with Gasteiger partial charge in [-0.25, -0.2) is 4.39 Å². The molecule has 3 rings (SSSR count). The third-order valence-electron chi connectivity index (χ3n) is 4.47. The monoisotopic (exact) mass is 283 g/mol. The highest BCUT2D eigenvalue weighted by Crippen LogP contribution is 2.23. The normalized spacial score (nSPS) is 15.0. The Bertz CT molecular complexity index is 648. The summed E-state index contributed by atoms with van der Waals surface area (Å²) in [4.78, 5) is 0. The van der Waals surface area contributed by atoms with Crippen molar-refractivity contribution in [2.24, 2.45) is 0 Å². The van der Waals surface area contributed by atoms with Gasteiger partial charge in [0.2, 0.25) is 0 Å². The predicted molar refractivity (Wildman–Crippen MR) is 84.9 cm³/mol. The van der Waals surface area contributed by atoms with Gasteiger partial charge in [-0.3, -0.25) is 0 Å². The summed E-state index contributed by atoms with van der Waals surface area (Å²) in [6.45, 7) is 4.70. The van der Waals surface area contributed by atoms with Gasteiger partial charge in [0.25, 0.3) is 0 Å². The van der Waals surface area contributed by atoms with E-state index in [0.29, 0.717) is 5.56 Å². The van der Waals surface area contributed by atoms with Crippen molar-refractivity contribution in [3.05, 3.63) is 70.0 Å². The van der Waals surface area contributed by atoms with Crippen molar-refractivity contribution in [2.45, 2.75) is 45.7 Å². The van der Waals surface area contributed by atoms with Gasteiger partial charge in [-0.05, 0) is 67.0 Å². The van der Waals surface area contributed by atoms with E-state index < -0.39 is 0 Å². The molecule has 2 aromatic rings. The Morgan fingerprint density at radius 1 is 1.10 bits per heavy atom. The van der Waals surface area contributed by atoms with Gasteiger partial charge in [0.15, 0.2) is 0 Å². The first-order valence-corrected chi connectivity index (χ1v) is 7.73. The van der Waals surface area contributed by atoms with E-state index in [4.69, 9.17) is 0 Å². The lowest BCUT2D eigenvalue weighted by Crippen LogP contribution is -2.18. The van der Waals surface area contributed by atoms with E-state index in [9.17, 15) is 4.39 Å². The summed E-state index contributed by atoms with van der Waals surface area (Å²) >= 11 is 0. The standard InChI is InChI=1S/C19H22FN/c1-13-6-8-17(11-19(13)20)14(2)21-12-15-7-9-16-4-3-5-18(16)10-15/h6-11,14,21H,3-5,12H2,1-2H3. The highest BCUT2D eigenvalue weighted by atomic mass is 19.1. The molecule has 0 amide bonds. The minimum Gasteiger partial charge on any atom is -0.306 e. The maximum atomic E-state index is 13.6. The maximum absolute atomic E-state index is 13.6. The fourth-order valence-corrected chi connectivity index (χ4v) is 3.00. The zero-order valence-electron chi connectivity index (χ0n) is 12.7. The van der Waals surface area contributed by atoms with Gasteiger partial charge < -0.3 is 5.32 Å². The topological polar surface area (TPSA) is 12.0 Å². The highest BCUT2D eigenvalue weighted by Gasteiger charge is 2.12. The Kier molecular flexibility index (Phi) is 4.07. The summed E-state index contributed by atoms with van der Waals surface area (Å²) in [5.74, 6) is -0.126. The van der Waals surface area contributed by atoms with E-state index >= 15 is 0 Å². The van der Waals surface area contributed by atoms with E-state index in [1.807, 2.05) is 12.1 Å². The Morgan fingerprint density at radius 2 is 1.90 bits per heavy atom.